The summed E-state index contributed by atoms with van der Waals surface area (Å²) in [6.45, 7) is 8.36. The molecule has 1 amide bonds. The predicted octanol–water partition coefficient (Wildman–Crippen LogP) is 3.88. The van der Waals surface area contributed by atoms with Crippen molar-refractivity contribution >= 4 is 38.9 Å². The van der Waals surface area contributed by atoms with Gasteiger partial charge in [0.15, 0.2) is 0 Å². The fraction of sp³-hybridized carbons (Fsp3) is 0.478. The van der Waals surface area contributed by atoms with Crippen LogP contribution >= 0.6 is 11.6 Å². The average Bonchev–Trinajstić information content (AvgIpc) is 3.30. The molecule has 2 aliphatic heterocycles. The van der Waals surface area contributed by atoms with Gasteiger partial charge in [0.2, 0.25) is 10.0 Å². The molecule has 0 aliphatic carbocycles. The van der Waals surface area contributed by atoms with Crippen LogP contribution in [-0.4, -0.2) is 55.0 Å². The molecule has 1 saturated heterocycles. The Labute approximate surface area is 195 Å². The molecule has 0 bridgehead atoms. The number of benzene rings is 1. The van der Waals surface area contributed by atoms with Crippen LogP contribution in [0.4, 0.5) is 11.4 Å². The van der Waals surface area contributed by atoms with Crippen LogP contribution in [0, 0.1) is 0 Å². The van der Waals surface area contributed by atoms with Crippen LogP contribution in [0.25, 0.3) is 0 Å². The molecular weight excluding hydrogens is 448 g/mol. The van der Waals surface area contributed by atoms with E-state index in [4.69, 9.17) is 11.6 Å². The van der Waals surface area contributed by atoms with Gasteiger partial charge in [-0.2, -0.15) is 4.31 Å². The second-order valence-corrected chi connectivity index (χ2v) is 12.2. The summed E-state index contributed by atoms with van der Waals surface area (Å²) >= 11 is 6.20. The van der Waals surface area contributed by atoms with Crippen molar-refractivity contribution < 1.29 is 13.2 Å². The summed E-state index contributed by atoms with van der Waals surface area (Å²) in [6.07, 6.45) is 4.18. The summed E-state index contributed by atoms with van der Waals surface area (Å²) in [5.74, 6) is -0.0849. The van der Waals surface area contributed by atoms with Crippen LogP contribution in [0.3, 0.4) is 0 Å². The highest BCUT2D eigenvalue weighted by Gasteiger charge is 2.44. The number of anilines is 2. The molecule has 1 atom stereocenters. The normalized spacial score (nSPS) is 20.8. The van der Waals surface area contributed by atoms with Gasteiger partial charge in [-0.15, -0.1) is 0 Å². The molecule has 172 valence electrons. The number of rotatable bonds is 5. The van der Waals surface area contributed by atoms with Gasteiger partial charge >= 0.3 is 0 Å². The highest BCUT2D eigenvalue weighted by Crippen LogP contribution is 2.43. The number of hydrogen-bond donors (Lipinski definition) is 0. The number of hydrogen-bond acceptors (Lipinski definition) is 5. The Morgan fingerprint density at radius 3 is 2.62 bits per heavy atom. The maximum absolute atomic E-state index is 13.2. The smallest absolute Gasteiger partial charge is 0.259 e. The van der Waals surface area contributed by atoms with E-state index in [1.54, 1.807) is 47.6 Å². The third-order valence-corrected chi connectivity index (χ3v) is 9.12. The van der Waals surface area contributed by atoms with Crippen molar-refractivity contribution in [1.82, 2.24) is 9.29 Å². The molecule has 1 fully saturated rings. The number of nitrogens with zero attached hydrogens (tertiary/aromatic N) is 4. The van der Waals surface area contributed by atoms with Gasteiger partial charge in [0, 0.05) is 36.8 Å². The van der Waals surface area contributed by atoms with Crippen molar-refractivity contribution in [3.8, 4) is 0 Å². The first-order valence-electron chi connectivity index (χ1n) is 10.8. The minimum atomic E-state index is -3.28. The lowest BCUT2D eigenvalue weighted by Crippen LogP contribution is -2.40. The lowest BCUT2D eigenvalue weighted by molar-refractivity contribution is 0.0982. The van der Waals surface area contributed by atoms with Crippen molar-refractivity contribution in [1.29, 1.82) is 0 Å². The molecule has 0 N–H and O–H groups in total. The van der Waals surface area contributed by atoms with Gasteiger partial charge in [0.1, 0.15) is 0 Å². The zero-order valence-corrected chi connectivity index (χ0v) is 20.6. The SMILES string of the molecule is CC(C)S(=O)(=O)N1CC[C@H](N(C)c2cncc(N3C(=O)c4ccc(Cl)cc4C3(C)C)c2)C1. The molecule has 1 aromatic carbocycles. The first-order valence-corrected chi connectivity index (χ1v) is 12.6. The van der Waals surface area contributed by atoms with E-state index in [1.807, 2.05) is 33.0 Å². The van der Waals surface area contributed by atoms with Crippen molar-refractivity contribution in [3.63, 3.8) is 0 Å². The second kappa shape index (κ2) is 8.01. The molecule has 0 spiro atoms. The fourth-order valence-corrected chi connectivity index (χ4v) is 6.15. The topological polar surface area (TPSA) is 73.8 Å². The van der Waals surface area contributed by atoms with E-state index >= 15 is 0 Å². The number of amides is 1. The number of pyridine rings is 1. The van der Waals surface area contributed by atoms with Gasteiger partial charge in [0.05, 0.1) is 34.6 Å². The van der Waals surface area contributed by atoms with Crippen LogP contribution < -0.4 is 9.80 Å². The van der Waals surface area contributed by atoms with Crippen molar-refractivity contribution in [3.05, 3.63) is 52.8 Å². The number of sulfonamides is 1. The maximum Gasteiger partial charge on any atom is 0.259 e. The molecule has 0 unspecified atom stereocenters. The summed E-state index contributed by atoms with van der Waals surface area (Å²) in [4.78, 5) is 21.5. The molecule has 9 heteroatoms. The number of fused-ring (bicyclic) bond motifs is 1. The standard InChI is InChI=1S/C23H29ClN4O3S/c1-15(2)32(30,31)27-9-8-17(14-27)26(5)18-11-19(13-25-12-18)28-22(29)20-7-6-16(24)10-21(20)23(28,3)4/h6-7,10-13,15,17H,8-9,14H2,1-5H3/t17-/m0/s1. The molecule has 2 aromatic rings. The van der Waals surface area contributed by atoms with Gasteiger partial charge in [-0.05, 0) is 63.9 Å². The van der Waals surface area contributed by atoms with E-state index in [0.717, 1.165) is 17.7 Å². The van der Waals surface area contributed by atoms with Gasteiger partial charge < -0.3 is 4.90 Å². The van der Waals surface area contributed by atoms with Gasteiger partial charge in [0.25, 0.3) is 5.91 Å². The van der Waals surface area contributed by atoms with Crippen molar-refractivity contribution in [2.75, 3.05) is 29.9 Å². The van der Waals surface area contributed by atoms with Crippen LogP contribution in [-0.2, 0) is 15.6 Å². The predicted molar refractivity (Wildman–Crippen MR) is 128 cm³/mol. The molecule has 2 aliphatic rings. The monoisotopic (exact) mass is 476 g/mol. The number of likely N-dealkylation sites (N-methyl/N-ethyl adjacent to an activating group) is 1. The summed E-state index contributed by atoms with van der Waals surface area (Å²) in [5, 5.41) is 0.162. The number of aromatic nitrogens is 1. The average molecular weight is 477 g/mol. The quantitative estimate of drug-likeness (QED) is 0.654. The lowest BCUT2D eigenvalue weighted by atomic mass is 9.93. The summed E-state index contributed by atoms with van der Waals surface area (Å²) < 4.78 is 26.7. The van der Waals surface area contributed by atoms with E-state index in [2.05, 4.69) is 9.88 Å². The Hall–Kier alpha value is -2.16. The Kier molecular flexibility index (Phi) is 5.76. The minimum Gasteiger partial charge on any atom is -0.369 e. The van der Waals surface area contributed by atoms with Crippen LogP contribution in [0.15, 0.2) is 36.7 Å². The number of carbonyl (C=O) groups excluding carboxylic acids is 1. The highest BCUT2D eigenvalue weighted by atomic mass is 35.5. The Morgan fingerprint density at radius 1 is 1.22 bits per heavy atom. The number of carbonyl (C=O) groups is 1. The van der Waals surface area contributed by atoms with Crippen LogP contribution in [0.5, 0.6) is 0 Å². The third-order valence-electron chi connectivity index (χ3n) is 6.64. The molecule has 32 heavy (non-hydrogen) atoms. The zero-order chi connectivity index (χ0) is 23.4. The Bertz CT molecular complexity index is 1170. The van der Waals surface area contributed by atoms with E-state index in [9.17, 15) is 13.2 Å². The molecule has 3 heterocycles. The van der Waals surface area contributed by atoms with Gasteiger partial charge in [-0.3, -0.25) is 14.7 Å². The summed E-state index contributed by atoms with van der Waals surface area (Å²) in [6, 6.07) is 7.34. The molecule has 4 rings (SSSR count). The first kappa shape index (κ1) is 23.0. The summed E-state index contributed by atoms with van der Waals surface area (Å²) in [5.41, 5.74) is 2.49. The first-order chi connectivity index (χ1) is 14.9. The fourth-order valence-electron chi connectivity index (χ4n) is 4.64. The molecule has 1 aromatic heterocycles. The largest absolute Gasteiger partial charge is 0.369 e. The molecule has 0 saturated carbocycles. The minimum absolute atomic E-state index is 0.0406. The van der Waals surface area contributed by atoms with E-state index in [0.29, 0.717) is 29.4 Å². The zero-order valence-electron chi connectivity index (χ0n) is 19.0. The van der Waals surface area contributed by atoms with E-state index in [1.165, 1.54) is 0 Å². The van der Waals surface area contributed by atoms with Gasteiger partial charge in [-0.1, -0.05) is 11.6 Å². The Balaban J connectivity index is 1.60. The second-order valence-electron chi connectivity index (χ2n) is 9.30. The molecule has 7 nitrogen and oxygen atoms in total. The van der Waals surface area contributed by atoms with Crippen LogP contribution in [0.1, 0.15) is 50.0 Å². The number of halogens is 1. The van der Waals surface area contributed by atoms with Crippen molar-refractivity contribution in [2.45, 2.75) is 50.9 Å². The maximum atomic E-state index is 13.2. The summed E-state index contributed by atoms with van der Waals surface area (Å²) in [7, 11) is -1.33. The van der Waals surface area contributed by atoms with Crippen LogP contribution in [0.2, 0.25) is 5.02 Å². The molecule has 0 radical (unpaired) electrons. The Morgan fingerprint density at radius 2 is 1.94 bits per heavy atom. The van der Waals surface area contributed by atoms with Gasteiger partial charge in [-0.25, -0.2) is 8.42 Å². The van der Waals surface area contributed by atoms with Crippen molar-refractivity contribution in [2.24, 2.45) is 0 Å². The third kappa shape index (κ3) is 3.68. The lowest BCUT2D eigenvalue weighted by Gasteiger charge is -2.33. The van der Waals surface area contributed by atoms with E-state index in [-0.39, 0.29) is 11.9 Å². The molecular formula is C23H29ClN4O3S. The van der Waals surface area contributed by atoms with E-state index < -0.39 is 20.8 Å². The highest BCUT2D eigenvalue weighted by molar-refractivity contribution is 7.89.